The molecule has 1 amide bonds. The Balaban J connectivity index is 1.51. The summed E-state index contributed by atoms with van der Waals surface area (Å²) < 4.78 is 5.76. The predicted octanol–water partition coefficient (Wildman–Crippen LogP) is 5.80. The average molecular weight is 373 g/mol. The first-order chi connectivity index (χ1) is 13.5. The molecule has 2 aromatic carbocycles. The van der Waals surface area contributed by atoms with Gasteiger partial charge in [-0.2, -0.15) is 0 Å². The van der Waals surface area contributed by atoms with Crippen LogP contribution in [0.25, 0.3) is 11.3 Å². The second-order valence-corrected chi connectivity index (χ2v) is 7.59. The Morgan fingerprint density at radius 1 is 1.04 bits per heavy atom. The van der Waals surface area contributed by atoms with E-state index in [2.05, 4.69) is 5.32 Å². The molecule has 1 aromatic heterocycles. The number of amides is 1. The Bertz CT molecular complexity index is 1040. The van der Waals surface area contributed by atoms with Crippen LogP contribution < -0.4 is 5.32 Å². The number of aryl methyl sites for hydroxylation is 2. The highest BCUT2D eigenvalue weighted by Gasteiger charge is 2.25. The van der Waals surface area contributed by atoms with Crippen molar-refractivity contribution in [1.29, 1.82) is 0 Å². The minimum absolute atomic E-state index is 0.137. The lowest BCUT2D eigenvalue weighted by atomic mass is 10.0. The van der Waals surface area contributed by atoms with Crippen molar-refractivity contribution in [2.24, 2.45) is 5.92 Å². The number of Topliss-reactive ketones (excluding diaryl/α,β-unsaturated/α-hetero) is 1. The van der Waals surface area contributed by atoms with Gasteiger partial charge in [0.05, 0.1) is 0 Å². The topological polar surface area (TPSA) is 59.3 Å². The maximum Gasteiger partial charge on any atom is 0.291 e. The third-order valence-corrected chi connectivity index (χ3v) is 5.11. The highest BCUT2D eigenvalue weighted by Crippen LogP contribution is 2.34. The Kier molecular flexibility index (Phi) is 4.86. The molecule has 1 fully saturated rings. The van der Waals surface area contributed by atoms with E-state index in [4.69, 9.17) is 4.42 Å². The van der Waals surface area contributed by atoms with Crippen LogP contribution in [0, 0.1) is 19.8 Å². The summed E-state index contributed by atoms with van der Waals surface area (Å²) in [6, 6.07) is 16.9. The van der Waals surface area contributed by atoms with Crippen LogP contribution in [0.5, 0.6) is 0 Å². The molecule has 28 heavy (non-hydrogen) atoms. The van der Waals surface area contributed by atoms with Crippen molar-refractivity contribution in [2.75, 3.05) is 5.32 Å². The van der Waals surface area contributed by atoms with Gasteiger partial charge in [0, 0.05) is 23.2 Å². The lowest BCUT2D eigenvalue weighted by Crippen LogP contribution is -2.12. The van der Waals surface area contributed by atoms with Gasteiger partial charge in [0.15, 0.2) is 11.5 Å². The standard InChI is InChI=1S/C24H23NO3/c1-15-4-3-5-19(12-15)22-10-11-23(28-22)24(27)25-20-14-18(9-6-16(20)2)21(26)13-17-7-8-17/h3-6,9-12,14,17H,7-8,13H2,1-2H3,(H,25,27). The summed E-state index contributed by atoms with van der Waals surface area (Å²) in [5, 5.41) is 2.88. The van der Waals surface area contributed by atoms with E-state index >= 15 is 0 Å². The summed E-state index contributed by atoms with van der Waals surface area (Å²) in [6.07, 6.45) is 2.88. The van der Waals surface area contributed by atoms with Gasteiger partial charge in [0.2, 0.25) is 0 Å². The fourth-order valence-corrected chi connectivity index (χ4v) is 3.23. The predicted molar refractivity (Wildman–Crippen MR) is 110 cm³/mol. The Hall–Kier alpha value is -3.14. The van der Waals surface area contributed by atoms with Gasteiger partial charge >= 0.3 is 0 Å². The first kappa shape index (κ1) is 18.2. The fourth-order valence-electron chi connectivity index (χ4n) is 3.23. The number of hydrogen-bond acceptors (Lipinski definition) is 3. The molecule has 1 saturated carbocycles. The molecule has 1 aliphatic carbocycles. The van der Waals surface area contributed by atoms with E-state index in [9.17, 15) is 9.59 Å². The molecule has 4 nitrogen and oxygen atoms in total. The van der Waals surface area contributed by atoms with Crippen molar-refractivity contribution in [2.45, 2.75) is 33.1 Å². The Morgan fingerprint density at radius 2 is 1.86 bits per heavy atom. The van der Waals surface area contributed by atoms with Crippen molar-refractivity contribution in [3.63, 3.8) is 0 Å². The Morgan fingerprint density at radius 3 is 2.61 bits per heavy atom. The number of ketones is 1. The van der Waals surface area contributed by atoms with Crippen LogP contribution in [-0.4, -0.2) is 11.7 Å². The zero-order valence-electron chi connectivity index (χ0n) is 16.1. The highest BCUT2D eigenvalue weighted by atomic mass is 16.3. The van der Waals surface area contributed by atoms with Crippen molar-refractivity contribution in [3.8, 4) is 11.3 Å². The van der Waals surface area contributed by atoms with Crippen LogP contribution >= 0.6 is 0 Å². The zero-order chi connectivity index (χ0) is 19.7. The highest BCUT2D eigenvalue weighted by molar-refractivity contribution is 6.04. The van der Waals surface area contributed by atoms with Crippen molar-refractivity contribution >= 4 is 17.4 Å². The molecule has 0 aliphatic heterocycles. The second kappa shape index (κ2) is 7.47. The minimum Gasteiger partial charge on any atom is -0.451 e. The monoisotopic (exact) mass is 373 g/mol. The van der Waals surface area contributed by atoms with Crippen LogP contribution in [0.4, 0.5) is 5.69 Å². The fraction of sp³-hybridized carbons (Fsp3) is 0.250. The number of rotatable bonds is 6. The first-order valence-electron chi connectivity index (χ1n) is 9.61. The largest absolute Gasteiger partial charge is 0.451 e. The maximum absolute atomic E-state index is 12.7. The molecule has 142 valence electrons. The van der Waals surface area contributed by atoms with E-state index in [1.807, 2.05) is 50.2 Å². The summed E-state index contributed by atoms with van der Waals surface area (Å²) in [4.78, 5) is 25.0. The molecule has 0 radical (unpaired) electrons. The molecule has 0 unspecified atom stereocenters. The lowest BCUT2D eigenvalue weighted by Gasteiger charge is -2.09. The summed E-state index contributed by atoms with van der Waals surface area (Å²) in [6.45, 7) is 3.92. The number of hydrogen-bond donors (Lipinski definition) is 1. The van der Waals surface area contributed by atoms with E-state index in [0.717, 1.165) is 29.5 Å². The van der Waals surface area contributed by atoms with Crippen LogP contribution in [0.1, 0.15) is 51.3 Å². The van der Waals surface area contributed by atoms with Gasteiger partial charge in [-0.05, 0) is 62.4 Å². The van der Waals surface area contributed by atoms with Gasteiger partial charge in [0.25, 0.3) is 5.91 Å². The summed E-state index contributed by atoms with van der Waals surface area (Å²) in [5.41, 5.74) is 4.25. The van der Waals surface area contributed by atoms with Crippen molar-refractivity contribution in [3.05, 3.63) is 77.0 Å². The molecule has 1 aliphatic rings. The molecule has 4 rings (SSSR count). The van der Waals surface area contributed by atoms with Gasteiger partial charge in [-0.1, -0.05) is 35.9 Å². The smallest absolute Gasteiger partial charge is 0.291 e. The zero-order valence-corrected chi connectivity index (χ0v) is 16.1. The molecule has 4 heteroatoms. The van der Waals surface area contributed by atoms with Gasteiger partial charge in [0.1, 0.15) is 5.76 Å². The molecule has 0 spiro atoms. The quantitative estimate of drug-likeness (QED) is 0.556. The molecule has 0 saturated heterocycles. The number of anilines is 1. The van der Waals surface area contributed by atoms with E-state index in [1.165, 1.54) is 0 Å². The molecular formula is C24H23NO3. The molecule has 3 aromatic rings. The summed E-state index contributed by atoms with van der Waals surface area (Å²) in [7, 11) is 0. The number of furan rings is 1. The van der Waals surface area contributed by atoms with Crippen LogP contribution in [0.2, 0.25) is 0 Å². The van der Waals surface area contributed by atoms with E-state index < -0.39 is 0 Å². The van der Waals surface area contributed by atoms with Gasteiger partial charge in [-0.15, -0.1) is 0 Å². The normalized spacial score (nSPS) is 13.4. The number of carbonyl (C=O) groups is 2. The second-order valence-electron chi connectivity index (χ2n) is 7.59. The van der Waals surface area contributed by atoms with E-state index in [0.29, 0.717) is 29.3 Å². The van der Waals surface area contributed by atoms with Gasteiger partial charge in [-0.3, -0.25) is 9.59 Å². The van der Waals surface area contributed by atoms with Crippen LogP contribution in [0.15, 0.2) is 59.0 Å². The number of carbonyl (C=O) groups excluding carboxylic acids is 2. The van der Waals surface area contributed by atoms with Crippen molar-refractivity contribution < 1.29 is 14.0 Å². The Labute approximate surface area is 164 Å². The number of benzene rings is 2. The maximum atomic E-state index is 12.7. The third-order valence-electron chi connectivity index (χ3n) is 5.11. The van der Waals surface area contributed by atoms with E-state index in [-0.39, 0.29) is 17.5 Å². The van der Waals surface area contributed by atoms with Gasteiger partial charge < -0.3 is 9.73 Å². The molecule has 0 bridgehead atoms. The minimum atomic E-state index is -0.325. The summed E-state index contributed by atoms with van der Waals surface area (Å²) >= 11 is 0. The van der Waals surface area contributed by atoms with Gasteiger partial charge in [-0.25, -0.2) is 0 Å². The van der Waals surface area contributed by atoms with E-state index in [1.54, 1.807) is 18.2 Å². The first-order valence-corrected chi connectivity index (χ1v) is 9.61. The van der Waals surface area contributed by atoms with Crippen LogP contribution in [0.3, 0.4) is 0 Å². The lowest BCUT2D eigenvalue weighted by molar-refractivity contribution is 0.0972. The molecule has 1 N–H and O–H groups in total. The SMILES string of the molecule is Cc1cccc(-c2ccc(C(=O)Nc3cc(C(=O)CC4CC4)ccc3C)o2)c1. The summed E-state index contributed by atoms with van der Waals surface area (Å²) in [5.74, 6) is 1.24. The van der Waals surface area contributed by atoms with Crippen LogP contribution in [-0.2, 0) is 0 Å². The number of nitrogens with one attached hydrogen (secondary N) is 1. The molecule has 1 heterocycles. The third kappa shape index (κ3) is 4.06. The molecule has 0 atom stereocenters. The molecular weight excluding hydrogens is 350 g/mol. The van der Waals surface area contributed by atoms with Crippen molar-refractivity contribution in [1.82, 2.24) is 0 Å². The average Bonchev–Trinajstić information content (AvgIpc) is 3.34.